The number of nitrogens with one attached hydrogen (secondary N) is 1. The van der Waals surface area contributed by atoms with Crippen LogP contribution in [0.4, 0.5) is 5.69 Å². The largest absolute Gasteiger partial charge is 0.464 e. The van der Waals surface area contributed by atoms with Crippen molar-refractivity contribution in [3.63, 3.8) is 0 Å². The molecule has 0 spiro atoms. The zero-order valence-electron chi connectivity index (χ0n) is 15.0. The summed E-state index contributed by atoms with van der Waals surface area (Å²) in [5.41, 5.74) is 4.20. The lowest BCUT2D eigenvalue weighted by Crippen LogP contribution is -2.48. The van der Waals surface area contributed by atoms with E-state index in [0.717, 1.165) is 54.5 Å². The number of aromatic nitrogens is 1. The van der Waals surface area contributed by atoms with E-state index in [9.17, 15) is 4.79 Å². The number of hydrogen-bond acceptors (Lipinski definition) is 4. The number of piperazine rings is 1. The maximum atomic E-state index is 11.9. The molecule has 1 unspecified atom stereocenters. The summed E-state index contributed by atoms with van der Waals surface area (Å²) in [7, 11) is 0. The number of aromatic amines is 1. The van der Waals surface area contributed by atoms with Gasteiger partial charge in [-0.1, -0.05) is 24.3 Å². The third-order valence-electron chi connectivity index (χ3n) is 5.58. The summed E-state index contributed by atoms with van der Waals surface area (Å²) < 4.78 is 5.65. The number of furan rings is 1. The molecule has 0 saturated carbocycles. The van der Waals surface area contributed by atoms with Gasteiger partial charge in [-0.3, -0.25) is 4.90 Å². The Bertz CT molecular complexity index is 1090. The number of aldehydes is 1. The zero-order chi connectivity index (χ0) is 18.2. The standard InChI is InChI=1S/C22H21N3O2/c26-14-21(18-15-27-22-7-2-1-4-16(18)22)25-12-10-24(11-13-25)20-6-3-5-19-17(20)8-9-23-19/h1-9,14-15,21,23H,10-13H2. The number of anilines is 1. The van der Waals surface area contributed by atoms with Crippen molar-refractivity contribution in [3.05, 3.63) is 66.6 Å². The Morgan fingerprint density at radius 3 is 2.67 bits per heavy atom. The Labute approximate surface area is 157 Å². The maximum Gasteiger partial charge on any atom is 0.141 e. The fourth-order valence-electron chi connectivity index (χ4n) is 4.17. The second kappa shape index (κ2) is 6.59. The minimum absolute atomic E-state index is 0.265. The van der Waals surface area contributed by atoms with Crippen molar-refractivity contribution in [2.75, 3.05) is 31.1 Å². The van der Waals surface area contributed by atoms with E-state index < -0.39 is 0 Å². The van der Waals surface area contributed by atoms with Crippen molar-refractivity contribution in [3.8, 4) is 0 Å². The fourth-order valence-corrected chi connectivity index (χ4v) is 4.17. The minimum atomic E-state index is -0.265. The van der Waals surface area contributed by atoms with Gasteiger partial charge < -0.3 is 19.1 Å². The highest BCUT2D eigenvalue weighted by Gasteiger charge is 2.27. The summed E-state index contributed by atoms with van der Waals surface area (Å²) in [6, 6.07) is 16.1. The van der Waals surface area contributed by atoms with Crippen molar-refractivity contribution in [1.29, 1.82) is 0 Å². The van der Waals surface area contributed by atoms with Crippen molar-refractivity contribution in [2.24, 2.45) is 0 Å². The van der Waals surface area contributed by atoms with E-state index in [4.69, 9.17) is 4.42 Å². The molecular weight excluding hydrogens is 338 g/mol. The van der Waals surface area contributed by atoms with Crippen molar-refractivity contribution in [2.45, 2.75) is 6.04 Å². The summed E-state index contributed by atoms with van der Waals surface area (Å²) in [5, 5.41) is 2.27. The molecule has 5 nitrogen and oxygen atoms in total. The van der Waals surface area contributed by atoms with Gasteiger partial charge in [0.2, 0.25) is 0 Å². The average Bonchev–Trinajstić information content (AvgIpc) is 3.36. The first-order valence-corrected chi connectivity index (χ1v) is 9.31. The molecule has 0 amide bonds. The fraction of sp³-hybridized carbons (Fsp3) is 0.227. The van der Waals surface area contributed by atoms with E-state index in [1.165, 1.54) is 11.1 Å². The number of carbonyl (C=O) groups excluding carboxylic acids is 1. The molecule has 5 rings (SSSR count). The van der Waals surface area contributed by atoms with Gasteiger partial charge in [-0.2, -0.15) is 0 Å². The zero-order valence-corrected chi connectivity index (χ0v) is 15.0. The predicted molar refractivity (Wildman–Crippen MR) is 107 cm³/mol. The van der Waals surface area contributed by atoms with Gasteiger partial charge in [-0.25, -0.2) is 0 Å². The monoisotopic (exact) mass is 359 g/mol. The van der Waals surface area contributed by atoms with Crippen molar-refractivity contribution < 1.29 is 9.21 Å². The van der Waals surface area contributed by atoms with E-state index in [1.807, 2.05) is 30.5 Å². The summed E-state index contributed by atoms with van der Waals surface area (Å²) in [6.45, 7) is 3.46. The lowest BCUT2D eigenvalue weighted by Gasteiger charge is -2.38. The van der Waals surface area contributed by atoms with Crippen LogP contribution in [0.5, 0.6) is 0 Å². The van der Waals surface area contributed by atoms with E-state index >= 15 is 0 Å². The number of hydrogen-bond donors (Lipinski definition) is 1. The number of benzene rings is 2. The molecule has 1 N–H and O–H groups in total. The average molecular weight is 359 g/mol. The number of nitrogens with zero attached hydrogens (tertiary/aromatic N) is 2. The number of fused-ring (bicyclic) bond motifs is 2. The van der Waals surface area contributed by atoms with E-state index in [2.05, 4.69) is 39.0 Å². The van der Waals surface area contributed by atoms with E-state index in [1.54, 1.807) is 6.26 Å². The van der Waals surface area contributed by atoms with Crippen LogP contribution in [0.2, 0.25) is 0 Å². The summed E-state index contributed by atoms with van der Waals surface area (Å²) in [4.78, 5) is 19.9. The van der Waals surface area contributed by atoms with Crippen LogP contribution in [0, 0.1) is 0 Å². The maximum absolute atomic E-state index is 11.9. The first-order chi connectivity index (χ1) is 13.3. The van der Waals surface area contributed by atoms with Crippen LogP contribution < -0.4 is 4.90 Å². The Kier molecular flexibility index (Phi) is 3.94. The molecule has 1 fully saturated rings. The number of H-pyrrole nitrogens is 1. The Balaban J connectivity index is 1.38. The molecule has 2 aromatic carbocycles. The highest BCUT2D eigenvalue weighted by atomic mass is 16.3. The molecular formula is C22H21N3O2. The van der Waals surface area contributed by atoms with Gasteiger partial charge in [0.15, 0.2) is 0 Å². The van der Waals surface area contributed by atoms with Gasteiger partial charge in [-0.05, 0) is 24.3 Å². The Morgan fingerprint density at radius 1 is 0.963 bits per heavy atom. The molecule has 136 valence electrons. The second-order valence-corrected chi connectivity index (χ2v) is 7.01. The minimum Gasteiger partial charge on any atom is -0.464 e. The molecule has 4 aromatic rings. The molecule has 27 heavy (non-hydrogen) atoms. The summed E-state index contributed by atoms with van der Waals surface area (Å²) in [6.07, 6.45) is 4.76. The normalized spacial score (nSPS) is 16.8. The first kappa shape index (κ1) is 16.1. The lowest BCUT2D eigenvalue weighted by atomic mass is 10.0. The van der Waals surface area contributed by atoms with Gasteiger partial charge in [0, 0.05) is 59.9 Å². The van der Waals surface area contributed by atoms with Crippen LogP contribution in [0.1, 0.15) is 11.6 Å². The van der Waals surface area contributed by atoms with Gasteiger partial charge in [0.1, 0.15) is 11.9 Å². The number of para-hydroxylation sites is 1. The van der Waals surface area contributed by atoms with E-state index in [-0.39, 0.29) is 6.04 Å². The van der Waals surface area contributed by atoms with Crippen LogP contribution in [0.15, 0.2) is 65.4 Å². The quantitative estimate of drug-likeness (QED) is 0.560. The molecule has 1 aliphatic rings. The highest BCUT2D eigenvalue weighted by Crippen LogP contribution is 2.31. The Hall–Kier alpha value is -3.05. The topological polar surface area (TPSA) is 52.5 Å². The van der Waals surface area contributed by atoms with Crippen LogP contribution in [-0.4, -0.2) is 42.3 Å². The molecule has 1 aliphatic heterocycles. The SMILES string of the molecule is O=CC(c1coc2ccccc12)N1CCN(c2cccc3[nH]ccc23)CC1. The predicted octanol–water partition coefficient (Wildman–Crippen LogP) is 3.98. The molecule has 3 heterocycles. The van der Waals surface area contributed by atoms with Crippen molar-refractivity contribution in [1.82, 2.24) is 9.88 Å². The molecule has 5 heteroatoms. The molecule has 0 aliphatic carbocycles. The number of rotatable bonds is 4. The molecule has 0 bridgehead atoms. The first-order valence-electron chi connectivity index (χ1n) is 9.31. The molecule has 1 saturated heterocycles. The van der Waals surface area contributed by atoms with Crippen molar-refractivity contribution >= 4 is 33.8 Å². The lowest BCUT2D eigenvalue weighted by molar-refractivity contribution is -0.112. The van der Waals surface area contributed by atoms with Gasteiger partial charge in [0.05, 0.1) is 12.3 Å². The highest BCUT2D eigenvalue weighted by molar-refractivity contribution is 5.92. The number of carbonyl (C=O) groups is 1. The van der Waals surface area contributed by atoms with Gasteiger partial charge in [0.25, 0.3) is 0 Å². The molecule has 2 aromatic heterocycles. The third-order valence-corrected chi connectivity index (χ3v) is 5.58. The molecule has 1 atom stereocenters. The second-order valence-electron chi connectivity index (χ2n) is 7.01. The third kappa shape index (κ3) is 2.71. The van der Waals surface area contributed by atoms with Crippen LogP contribution in [0.3, 0.4) is 0 Å². The summed E-state index contributed by atoms with van der Waals surface area (Å²) in [5.74, 6) is 0. The van der Waals surface area contributed by atoms with E-state index in [0.29, 0.717) is 0 Å². The van der Waals surface area contributed by atoms with Crippen LogP contribution in [-0.2, 0) is 4.79 Å². The van der Waals surface area contributed by atoms with Crippen LogP contribution in [0.25, 0.3) is 21.9 Å². The Morgan fingerprint density at radius 2 is 1.81 bits per heavy atom. The van der Waals surface area contributed by atoms with Gasteiger partial charge >= 0.3 is 0 Å². The van der Waals surface area contributed by atoms with Crippen LogP contribution >= 0.6 is 0 Å². The smallest absolute Gasteiger partial charge is 0.141 e. The summed E-state index contributed by atoms with van der Waals surface area (Å²) >= 11 is 0. The van der Waals surface area contributed by atoms with Gasteiger partial charge in [-0.15, -0.1) is 0 Å². The molecule has 0 radical (unpaired) electrons.